The van der Waals surface area contributed by atoms with E-state index < -0.39 is 0 Å². The summed E-state index contributed by atoms with van der Waals surface area (Å²) in [6, 6.07) is 5.96. The molecule has 0 aliphatic heterocycles. The number of aromatic nitrogens is 1. The average molecular weight is 285 g/mol. The van der Waals surface area contributed by atoms with Crippen molar-refractivity contribution in [1.82, 2.24) is 10.1 Å². The van der Waals surface area contributed by atoms with Crippen molar-refractivity contribution < 1.29 is 9.32 Å². The Kier molecular flexibility index (Phi) is 3.41. The Morgan fingerprint density at radius 2 is 2.19 bits per heavy atom. The summed E-state index contributed by atoms with van der Waals surface area (Å²) in [6.45, 7) is 0. The van der Waals surface area contributed by atoms with Gasteiger partial charge in [-0.1, -0.05) is 11.2 Å². The van der Waals surface area contributed by atoms with E-state index in [1.807, 2.05) is 12.1 Å². The SMILES string of the molecule is CN(C)C(=O)c1ccc2c(c1)CCC(c1nocc1N)C2. The summed E-state index contributed by atoms with van der Waals surface area (Å²) >= 11 is 0. The van der Waals surface area contributed by atoms with Crippen molar-refractivity contribution in [2.75, 3.05) is 19.8 Å². The molecular weight excluding hydrogens is 266 g/mol. The summed E-state index contributed by atoms with van der Waals surface area (Å²) in [7, 11) is 3.54. The van der Waals surface area contributed by atoms with Gasteiger partial charge in [0.05, 0.1) is 5.69 Å². The number of aryl methyl sites for hydroxylation is 1. The van der Waals surface area contributed by atoms with E-state index in [-0.39, 0.29) is 5.91 Å². The van der Waals surface area contributed by atoms with Crippen molar-refractivity contribution in [2.45, 2.75) is 25.2 Å². The number of benzene rings is 1. The zero-order valence-electron chi connectivity index (χ0n) is 12.3. The van der Waals surface area contributed by atoms with Crippen molar-refractivity contribution in [3.63, 3.8) is 0 Å². The lowest BCUT2D eigenvalue weighted by Crippen LogP contribution is -2.22. The van der Waals surface area contributed by atoms with E-state index in [9.17, 15) is 4.79 Å². The van der Waals surface area contributed by atoms with Crippen LogP contribution in [0.3, 0.4) is 0 Å². The first-order valence-corrected chi connectivity index (χ1v) is 7.09. The molecule has 110 valence electrons. The van der Waals surface area contributed by atoms with E-state index >= 15 is 0 Å². The lowest BCUT2D eigenvalue weighted by molar-refractivity contribution is 0.0827. The zero-order valence-corrected chi connectivity index (χ0v) is 12.3. The van der Waals surface area contributed by atoms with Crippen LogP contribution in [-0.4, -0.2) is 30.1 Å². The summed E-state index contributed by atoms with van der Waals surface area (Å²) in [5.41, 5.74) is 10.6. The minimum Gasteiger partial charge on any atom is -0.395 e. The van der Waals surface area contributed by atoms with E-state index in [0.717, 1.165) is 30.5 Å². The van der Waals surface area contributed by atoms with Gasteiger partial charge in [0.15, 0.2) is 0 Å². The second-order valence-corrected chi connectivity index (χ2v) is 5.78. The van der Waals surface area contributed by atoms with Gasteiger partial charge in [0.25, 0.3) is 5.91 Å². The molecule has 5 heteroatoms. The van der Waals surface area contributed by atoms with Gasteiger partial charge < -0.3 is 15.2 Å². The van der Waals surface area contributed by atoms with Crippen LogP contribution in [0, 0.1) is 0 Å². The van der Waals surface area contributed by atoms with Gasteiger partial charge in [-0.3, -0.25) is 4.79 Å². The molecule has 3 rings (SSSR count). The molecule has 2 aromatic rings. The van der Waals surface area contributed by atoms with Gasteiger partial charge in [0.2, 0.25) is 0 Å². The highest BCUT2D eigenvalue weighted by atomic mass is 16.5. The molecule has 1 unspecified atom stereocenters. The highest BCUT2D eigenvalue weighted by molar-refractivity contribution is 5.94. The van der Waals surface area contributed by atoms with Crippen LogP contribution in [0.25, 0.3) is 0 Å². The molecule has 21 heavy (non-hydrogen) atoms. The number of nitrogens with two attached hydrogens (primary N) is 1. The molecule has 2 N–H and O–H groups in total. The van der Waals surface area contributed by atoms with Gasteiger partial charge in [0, 0.05) is 25.6 Å². The van der Waals surface area contributed by atoms with E-state index in [1.165, 1.54) is 17.4 Å². The molecule has 0 fully saturated rings. The van der Waals surface area contributed by atoms with Crippen LogP contribution >= 0.6 is 0 Å². The Labute approximate surface area is 123 Å². The molecule has 0 radical (unpaired) electrons. The number of nitrogens with zero attached hydrogens (tertiary/aromatic N) is 2. The highest BCUT2D eigenvalue weighted by Crippen LogP contribution is 2.34. The van der Waals surface area contributed by atoms with Crippen LogP contribution < -0.4 is 5.73 Å². The lowest BCUT2D eigenvalue weighted by Gasteiger charge is -2.24. The van der Waals surface area contributed by atoms with Crippen molar-refractivity contribution >= 4 is 11.6 Å². The van der Waals surface area contributed by atoms with Gasteiger partial charge >= 0.3 is 0 Å². The maximum atomic E-state index is 12.0. The van der Waals surface area contributed by atoms with Crippen molar-refractivity contribution in [1.29, 1.82) is 0 Å². The largest absolute Gasteiger partial charge is 0.395 e. The van der Waals surface area contributed by atoms with Crippen LogP contribution in [0.2, 0.25) is 0 Å². The standard InChI is InChI=1S/C16H19N3O2/c1-19(2)16(20)13-6-4-10-7-12(5-3-11(10)8-13)15-14(17)9-21-18-15/h4,6,8-9,12H,3,5,7,17H2,1-2H3. The smallest absolute Gasteiger partial charge is 0.253 e. The highest BCUT2D eigenvalue weighted by Gasteiger charge is 2.25. The van der Waals surface area contributed by atoms with Crippen LogP contribution in [0.1, 0.15) is 39.5 Å². The van der Waals surface area contributed by atoms with Gasteiger partial charge in [0.1, 0.15) is 12.0 Å². The summed E-state index contributed by atoms with van der Waals surface area (Å²) < 4.78 is 4.94. The Hall–Kier alpha value is -2.30. The number of rotatable bonds is 2. The van der Waals surface area contributed by atoms with Crippen molar-refractivity contribution in [2.24, 2.45) is 0 Å². The number of hydrogen-bond donors (Lipinski definition) is 1. The first kappa shape index (κ1) is 13.7. The molecule has 0 saturated carbocycles. The lowest BCUT2D eigenvalue weighted by atomic mass is 9.81. The molecule has 0 spiro atoms. The quantitative estimate of drug-likeness (QED) is 0.918. The topological polar surface area (TPSA) is 72.4 Å². The number of carbonyl (C=O) groups excluding carboxylic acids is 1. The van der Waals surface area contributed by atoms with Gasteiger partial charge in [-0.15, -0.1) is 0 Å². The number of amides is 1. The van der Waals surface area contributed by atoms with Crippen LogP contribution in [0.15, 0.2) is 29.0 Å². The second kappa shape index (κ2) is 5.24. The number of fused-ring (bicyclic) bond motifs is 1. The molecule has 1 aliphatic carbocycles. The molecule has 1 amide bonds. The van der Waals surface area contributed by atoms with Crippen LogP contribution in [0.4, 0.5) is 5.69 Å². The number of carbonyl (C=O) groups is 1. The van der Waals surface area contributed by atoms with E-state index in [4.69, 9.17) is 10.3 Å². The molecule has 0 bridgehead atoms. The molecule has 5 nitrogen and oxygen atoms in total. The minimum atomic E-state index is 0.0423. The Bertz CT molecular complexity index is 676. The van der Waals surface area contributed by atoms with Crippen molar-refractivity contribution in [3.05, 3.63) is 46.8 Å². The maximum absolute atomic E-state index is 12.0. The molecule has 0 saturated heterocycles. The third-order valence-electron chi connectivity index (χ3n) is 4.10. The molecule has 1 aromatic heterocycles. The molecule has 1 aliphatic rings. The summed E-state index contributed by atoms with van der Waals surface area (Å²) in [5, 5.41) is 4.02. The number of anilines is 1. The molecule has 1 heterocycles. The monoisotopic (exact) mass is 285 g/mol. The maximum Gasteiger partial charge on any atom is 0.253 e. The van der Waals surface area contributed by atoms with Gasteiger partial charge in [-0.2, -0.15) is 0 Å². The van der Waals surface area contributed by atoms with Crippen LogP contribution in [0.5, 0.6) is 0 Å². The predicted octanol–water partition coefficient (Wildman–Crippen LogP) is 2.23. The molecular formula is C16H19N3O2. The second-order valence-electron chi connectivity index (χ2n) is 5.78. The van der Waals surface area contributed by atoms with Gasteiger partial charge in [-0.25, -0.2) is 0 Å². The summed E-state index contributed by atoms with van der Waals surface area (Å²) in [6.07, 6.45) is 4.29. The zero-order chi connectivity index (χ0) is 15.0. The van der Waals surface area contributed by atoms with E-state index in [2.05, 4.69) is 11.2 Å². The normalized spacial score (nSPS) is 17.3. The summed E-state index contributed by atoms with van der Waals surface area (Å²) in [5.74, 6) is 0.340. The Morgan fingerprint density at radius 3 is 2.86 bits per heavy atom. The van der Waals surface area contributed by atoms with Gasteiger partial charge in [-0.05, 0) is 42.5 Å². The fraction of sp³-hybridized carbons (Fsp3) is 0.375. The molecule has 1 atom stereocenters. The van der Waals surface area contributed by atoms with Crippen molar-refractivity contribution in [3.8, 4) is 0 Å². The Balaban J connectivity index is 1.85. The fourth-order valence-electron chi connectivity index (χ4n) is 2.94. The van der Waals surface area contributed by atoms with Crippen LogP contribution in [-0.2, 0) is 12.8 Å². The third kappa shape index (κ3) is 2.51. The predicted molar refractivity (Wildman–Crippen MR) is 80.1 cm³/mol. The van der Waals surface area contributed by atoms with E-state index in [1.54, 1.807) is 19.0 Å². The fourth-order valence-corrected chi connectivity index (χ4v) is 2.94. The number of hydrogen-bond acceptors (Lipinski definition) is 4. The number of nitrogen functional groups attached to an aromatic ring is 1. The molecule has 1 aromatic carbocycles. The first-order valence-electron chi connectivity index (χ1n) is 7.09. The minimum absolute atomic E-state index is 0.0423. The third-order valence-corrected chi connectivity index (χ3v) is 4.10. The first-order chi connectivity index (χ1) is 10.1. The summed E-state index contributed by atoms with van der Waals surface area (Å²) in [4.78, 5) is 13.6. The Morgan fingerprint density at radius 1 is 1.38 bits per heavy atom. The average Bonchev–Trinajstić information content (AvgIpc) is 2.91. The van der Waals surface area contributed by atoms with E-state index in [0.29, 0.717) is 11.6 Å².